The lowest BCUT2D eigenvalue weighted by Crippen LogP contribution is -2.35. The van der Waals surface area contributed by atoms with E-state index in [0.717, 1.165) is 35.9 Å². The molecule has 3 nitrogen and oxygen atoms in total. The van der Waals surface area contributed by atoms with Crippen LogP contribution in [-0.4, -0.2) is 11.8 Å². The first kappa shape index (κ1) is 15.4. The van der Waals surface area contributed by atoms with E-state index >= 15 is 0 Å². The van der Waals surface area contributed by atoms with Crippen LogP contribution in [0.2, 0.25) is 5.02 Å². The molecule has 1 spiro atoms. The number of halogens is 4. The minimum Gasteiger partial charge on any atom is -0.274 e. The van der Waals surface area contributed by atoms with Crippen molar-refractivity contribution >= 4 is 29.1 Å². The van der Waals surface area contributed by atoms with Crippen molar-refractivity contribution in [2.24, 2.45) is 29.1 Å². The third kappa shape index (κ3) is 1.78. The second-order valence-electron chi connectivity index (χ2n) is 7.40. The van der Waals surface area contributed by atoms with Crippen LogP contribution in [0.4, 0.5) is 18.9 Å². The van der Waals surface area contributed by atoms with Crippen molar-refractivity contribution in [3.05, 3.63) is 40.9 Å². The lowest BCUT2D eigenvalue weighted by atomic mass is 9.85. The summed E-state index contributed by atoms with van der Waals surface area (Å²) in [7, 11) is 0. The van der Waals surface area contributed by atoms with Crippen LogP contribution in [0.5, 0.6) is 0 Å². The van der Waals surface area contributed by atoms with E-state index in [2.05, 4.69) is 0 Å². The summed E-state index contributed by atoms with van der Waals surface area (Å²) in [5.74, 6) is -1.72. The number of anilines is 1. The van der Waals surface area contributed by atoms with Crippen molar-refractivity contribution < 1.29 is 22.8 Å². The minimum absolute atomic E-state index is 0.0218. The van der Waals surface area contributed by atoms with Crippen LogP contribution >= 0.6 is 11.6 Å². The highest BCUT2D eigenvalue weighted by atomic mass is 35.5. The lowest BCUT2D eigenvalue weighted by molar-refractivity contribution is -0.137. The Bertz CT molecular complexity index is 824. The van der Waals surface area contributed by atoms with E-state index in [1.54, 1.807) is 0 Å². The summed E-state index contributed by atoms with van der Waals surface area (Å²) >= 11 is 6.04. The largest absolute Gasteiger partial charge is 0.416 e. The molecule has 2 amide bonds. The molecule has 0 aromatic heterocycles. The summed E-state index contributed by atoms with van der Waals surface area (Å²) in [6, 6.07) is 2.73. The van der Waals surface area contributed by atoms with E-state index < -0.39 is 35.4 Å². The van der Waals surface area contributed by atoms with Gasteiger partial charge in [-0.15, -0.1) is 0 Å². The Hall–Kier alpha value is -1.82. The first-order chi connectivity index (χ1) is 11.8. The number of rotatable bonds is 1. The van der Waals surface area contributed by atoms with Gasteiger partial charge in [0, 0.05) is 0 Å². The fourth-order valence-electron chi connectivity index (χ4n) is 5.18. The van der Waals surface area contributed by atoms with E-state index in [1.165, 1.54) is 0 Å². The number of alkyl halides is 3. The Kier molecular flexibility index (Phi) is 2.76. The molecule has 5 rings (SSSR count). The van der Waals surface area contributed by atoms with Gasteiger partial charge in [-0.2, -0.15) is 13.2 Å². The number of hydrogen-bond acceptors (Lipinski definition) is 2. The summed E-state index contributed by atoms with van der Waals surface area (Å²) < 4.78 is 39.0. The Morgan fingerprint density at radius 2 is 1.60 bits per heavy atom. The van der Waals surface area contributed by atoms with E-state index in [4.69, 9.17) is 11.6 Å². The van der Waals surface area contributed by atoms with Crippen LogP contribution < -0.4 is 4.90 Å². The Morgan fingerprint density at radius 1 is 1.04 bits per heavy atom. The molecule has 1 aromatic carbocycles. The molecule has 1 saturated heterocycles. The van der Waals surface area contributed by atoms with E-state index in [0.29, 0.717) is 0 Å². The van der Waals surface area contributed by atoms with Crippen LogP contribution in [-0.2, 0) is 15.8 Å². The summed E-state index contributed by atoms with van der Waals surface area (Å²) in [6.07, 6.45) is 1.47. The first-order valence-corrected chi connectivity index (χ1v) is 8.56. The fourth-order valence-corrected chi connectivity index (χ4v) is 5.38. The summed E-state index contributed by atoms with van der Waals surface area (Å²) in [5, 5.41) is -0.0314. The number of carbonyl (C=O) groups is 2. The maximum Gasteiger partial charge on any atom is 0.416 e. The van der Waals surface area contributed by atoms with Crippen molar-refractivity contribution in [3.63, 3.8) is 0 Å². The number of fused-ring (bicyclic) bond motifs is 3. The van der Waals surface area contributed by atoms with Gasteiger partial charge >= 0.3 is 6.18 Å². The van der Waals surface area contributed by atoms with Crippen molar-refractivity contribution in [3.8, 4) is 0 Å². The van der Waals surface area contributed by atoms with Crippen molar-refractivity contribution in [1.29, 1.82) is 0 Å². The molecule has 130 valence electrons. The topological polar surface area (TPSA) is 37.4 Å². The monoisotopic (exact) mass is 367 g/mol. The average Bonchev–Trinajstić information content (AvgIpc) is 3.13. The Balaban J connectivity index is 1.58. The van der Waals surface area contributed by atoms with E-state index in [1.807, 2.05) is 12.2 Å². The lowest BCUT2D eigenvalue weighted by Gasteiger charge is -2.23. The highest BCUT2D eigenvalue weighted by Gasteiger charge is 2.73. The molecule has 2 bridgehead atoms. The Morgan fingerprint density at radius 3 is 2.08 bits per heavy atom. The van der Waals surface area contributed by atoms with Gasteiger partial charge in [0.1, 0.15) is 0 Å². The fraction of sp³-hybridized carbons (Fsp3) is 0.444. The molecule has 3 fully saturated rings. The second kappa shape index (κ2) is 4.47. The molecule has 2 saturated carbocycles. The molecular formula is C18H13ClF3NO2. The maximum absolute atomic E-state index is 13.0. The van der Waals surface area contributed by atoms with Gasteiger partial charge in [-0.3, -0.25) is 9.59 Å². The molecule has 4 atom stereocenters. The molecule has 1 aromatic rings. The molecular weight excluding hydrogens is 355 g/mol. The van der Waals surface area contributed by atoms with Crippen LogP contribution in [0.1, 0.15) is 18.4 Å². The number of hydrogen-bond donors (Lipinski definition) is 0. The number of carbonyl (C=O) groups excluding carboxylic acids is 2. The van der Waals surface area contributed by atoms with Crippen LogP contribution in [0.15, 0.2) is 30.4 Å². The quantitative estimate of drug-likeness (QED) is 0.554. The van der Waals surface area contributed by atoms with Crippen molar-refractivity contribution in [1.82, 2.24) is 0 Å². The van der Waals surface area contributed by atoms with Crippen molar-refractivity contribution in [2.45, 2.75) is 19.0 Å². The van der Waals surface area contributed by atoms with Crippen molar-refractivity contribution in [2.75, 3.05) is 4.90 Å². The van der Waals surface area contributed by atoms with Gasteiger partial charge < -0.3 is 0 Å². The highest BCUT2D eigenvalue weighted by molar-refractivity contribution is 6.36. The summed E-state index contributed by atoms with van der Waals surface area (Å²) in [4.78, 5) is 26.8. The molecule has 0 N–H and O–H groups in total. The number of imide groups is 1. The average molecular weight is 368 g/mol. The molecule has 1 aliphatic heterocycles. The molecule has 25 heavy (non-hydrogen) atoms. The van der Waals surface area contributed by atoms with Gasteiger partial charge in [0.25, 0.3) is 0 Å². The smallest absolute Gasteiger partial charge is 0.274 e. The van der Waals surface area contributed by atoms with Gasteiger partial charge in [-0.05, 0) is 48.3 Å². The van der Waals surface area contributed by atoms with Gasteiger partial charge in [0.05, 0.1) is 28.1 Å². The first-order valence-electron chi connectivity index (χ1n) is 8.18. The van der Waals surface area contributed by atoms with Gasteiger partial charge in [-0.1, -0.05) is 23.8 Å². The zero-order valence-corrected chi connectivity index (χ0v) is 13.6. The summed E-state index contributed by atoms with van der Waals surface area (Å²) in [6.45, 7) is 0. The molecule has 0 unspecified atom stereocenters. The molecule has 4 aliphatic rings. The SMILES string of the molecule is O=C1[C@@H]2[C@@H](C(=O)N1c1cc(C(F)(F)F)ccc1Cl)[C@H]1C=C[C@H]2C12CC2. The minimum atomic E-state index is -4.57. The van der Waals surface area contributed by atoms with Gasteiger partial charge in [0.15, 0.2) is 0 Å². The third-order valence-corrected chi connectivity index (χ3v) is 6.69. The number of allylic oxidation sites excluding steroid dienone is 2. The normalized spacial score (nSPS) is 34.3. The van der Waals surface area contributed by atoms with Gasteiger partial charge in [0.2, 0.25) is 11.8 Å². The standard InChI is InChI=1S/C18H13ClF3NO2/c19-11-4-1-8(18(20,21)22)7-12(11)23-15(24)13-9-2-3-10(14(13)16(23)25)17(9)5-6-17/h1-4,7,9-10,13-14H,5-6H2/t9-,10-,13+,14+/m1/s1. The molecule has 7 heteroatoms. The maximum atomic E-state index is 13.0. The van der Waals surface area contributed by atoms with Crippen LogP contribution in [0.3, 0.4) is 0 Å². The zero-order chi connectivity index (χ0) is 17.7. The number of nitrogens with zero attached hydrogens (tertiary/aromatic N) is 1. The molecule has 3 aliphatic carbocycles. The van der Waals surface area contributed by atoms with Gasteiger partial charge in [-0.25, -0.2) is 4.90 Å². The predicted molar refractivity (Wildman–Crippen MR) is 83.7 cm³/mol. The van der Waals surface area contributed by atoms with Crippen LogP contribution in [0, 0.1) is 29.1 Å². The predicted octanol–water partition coefficient (Wildman–Crippen LogP) is 4.06. The molecule has 1 heterocycles. The highest BCUT2D eigenvalue weighted by Crippen LogP contribution is 2.73. The van der Waals surface area contributed by atoms with Crippen LogP contribution in [0.25, 0.3) is 0 Å². The number of amides is 2. The van der Waals surface area contributed by atoms with E-state index in [9.17, 15) is 22.8 Å². The Labute approximate surface area is 146 Å². The zero-order valence-electron chi connectivity index (χ0n) is 12.9. The molecule has 0 radical (unpaired) electrons. The number of benzene rings is 1. The van der Waals surface area contributed by atoms with E-state index in [-0.39, 0.29) is 28.0 Å². The second-order valence-corrected chi connectivity index (χ2v) is 7.80. The third-order valence-electron chi connectivity index (χ3n) is 6.37. The summed E-state index contributed by atoms with van der Waals surface area (Å²) in [5.41, 5.74) is -1.04.